The predicted octanol–water partition coefficient (Wildman–Crippen LogP) is 4.42. The molecule has 0 fully saturated rings. The Kier molecular flexibility index (Phi) is 4.86. The zero-order valence-electron chi connectivity index (χ0n) is 12.0. The van der Waals surface area contributed by atoms with E-state index in [0.717, 1.165) is 16.7 Å². The van der Waals surface area contributed by atoms with E-state index in [0.29, 0.717) is 17.4 Å². The average Bonchev–Trinajstić information content (AvgIpc) is 2.46. The van der Waals surface area contributed by atoms with Crippen LogP contribution in [0.1, 0.15) is 29.5 Å². The topological polar surface area (TPSA) is 46.5 Å². The fourth-order valence-electron chi connectivity index (χ4n) is 1.93. The highest BCUT2D eigenvalue weighted by Gasteiger charge is 2.13. The van der Waals surface area contributed by atoms with Crippen LogP contribution >= 0.6 is 11.6 Å². The molecule has 110 valence electrons. The Morgan fingerprint density at radius 1 is 1.24 bits per heavy atom. The maximum Gasteiger partial charge on any atom is 0.310 e. The van der Waals surface area contributed by atoms with Crippen molar-refractivity contribution in [3.05, 3.63) is 64.2 Å². The fourth-order valence-corrected chi connectivity index (χ4v) is 2.22. The minimum absolute atomic E-state index is 0.393. The number of hydrogen-bond donors (Lipinski definition) is 1. The molecule has 0 radical (unpaired) electrons. The molecule has 0 aliphatic rings. The van der Waals surface area contributed by atoms with Gasteiger partial charge >= 0.3 is 5.97 Å². The third kappa shape index (κ3) is 3.99. The van der Waals surface area contributed by atoms with Gasteiger partial charge in [0.15, 0.2) is 0 Å². The first-order valence-corrected chi connectivity index (χ1v) is 7.06. The summed E-state index contributed by atoms with van der Waals surface area (Å²) in [6.07, 6.45) is 0. The van der Waals surface area contributed by atoms with E-state index in [4.69, 9.17) is 21.4 Å². The molecule has 2 rings (SSSR count). The summed E-state index contributed by atoms with van der Waals surface area (Å²) in [5.41, 5.74) is 2.83. The van der Waals surface area contributed by atoms with Gasteiger partial charge in [-0.2, -0.15) is 0 Å². The maximum atomic E-state index is 10.9. The van der Waals surface area contributed by atoms with Crippen molar-refractivity contribution in [3.8, 4) is 5.75 Å². The lowest BCUT2D eigenvalue weighted by Gasteiger charge is -2.10. The summed E-state index contributed by atoms with van der Waals surface area (Å²) >= 11 is 6.11. The predicted molar refractivity (Wildman–Crippen MR) is 83.0 cm³/mol. The van der Waals surface area contributed by atoms with Crippen LogP contribution in [0.4, 0.5) is 0 Å². The molecular weight excluding hydrogens is 288 g/mol. The Labute approximate surface area is 129 Å². The third-order valence-corrected chi connectivity index (χ3v) is 3.63. The van der Waals surface area contributed by atoms with Gasteiger partial charge in [-0.3, -0.25) is 4.79 Å². The smallest absolute Gasteiger partial charge is 0.310 e. The molecule has 0 aromatic heterocycles. The molecule has 1 N–H and O–H groups in total. The molecule has 4 heteroatoms. The second-order valence-corrected chi connectivity index (χ2v) is 5.43. The number of ether oxygens (including phenoxy) is 1. The Hall–Kier alpha value is -2.00. The average molecular weight is 305 g/mol. The molecule has 3 nitrogen and oxygen atoms in total. The summed E-state index contributed by atoms with van der Waals surface area (Å²) < 4.78 is 5.68. The van der Waals surface area contributed by atoms with Gasteiger partial charge in [0.25, 0.3) is 0 Å². The number of halogens is 1. The third-order valence-electron chi connectivity index (χ3n) is 3.33. The van der Waals surface area contributed by atoms with E-state index in [2.05, 4.69) is 0 Å². The summed E-state index contributed by atoms with van der Waals surface area (Å²) in [4.78, 5) is 10.9. The van der Waals surface area contributed by atoms with Crippen LogP contribution in [0.3, 0.4) is 0 Å². The van der Waals surface area contributed by atoms with Gasteiger partial charge in [-0.1, -0.05) is 41.9 Å². The van der Waals surface area contributed by atoms with Gasteiger partial charge < -0.3 is 9.84 Å². The molecule has 21 heavy (non-hydrogen) atoms. The minimum Gasteiger partial charge on any atom is -0.487 e. The lowest BCUT2D eigenvalue weighted by molar-refractivity contribution is -0.138. The number of carboxylic acid groups (broad SMARTS) is 1. The molecule has 0 spiro atoms. The summed E-state index contributed by atoms with van der Waals surface area (Å²) in [7, 11) is 0. The molecule has 0 aliphatic heterocycles. The number of aryl methyl sites for hydroxylation is 1. The zero-order chi connectivity index (χ0) is 15.4. The Bertz CT molecular complexity index is 635. The normalized spacial score (nSPS) is 12.0. The van der Waals surface area contributed by atoms with Crippen molar-refractivity contribution in [2.45, 2.75) is 26.4 Å². The SMILES string of the molecule is Cc1ccc(OCc2ccc(C(C)C(=O)O)cc2)c(Cl)c1. The molecule has 0 saturated heterocycles. The quantitative estimate of drug-likeness (QED) is 0.889. The van der Waals surface area contributed by atoms with E-state index in [1.165, 1.54) is 0 Å². The molecule has 0 bridgehead atoms. The summed E-state index contributed by atoms with van der Waals surface area (Å²) in [6, 6.07) is 13.0. The van der Waals surface area contributed by atoms with Crippen molar-refractivity contribution >= 4 is 17.6 Å². The van der Waals surface area contributed by atoms with Gasteiger partial charge in [0, 0.05) is 0 Å². The second kappa shape index (κ2) is 6.64. The molecule has 1 atom stereocenters. The second-order valence-electron chi connectivity index (χ2n) is 5.02. The highest BCUT2D eigenvalue weighted by atomic mass is 35.5. The van der Waals surface area contributed by atoms with E-state index in [-0.39, 0.29) is 0 Å². The number of carboxylic acids is 1. The van der Waals surface area contributed by atoms with E-state index in [1.54, 1.807) is 6.92 Å². The Morgan fingerprint density at radius 2 is 1.90 bits per heavy atom. The first-order chi connectivity index (χ1) is 9.97. The largest absolute Gasteiger partial charge is 0.487 e. The highest BCUT2D eigenvalue weighted by Crippen LogP contribution is 2.26. The van der Waals surface area contributed by atoms with Crippen molar-refractivity contribution in [2.75, 3.05) is 0 Å². The molecule has 0 amide bonds. The van der Waals surface area contributed by atoms with Gasteiger partial charge in [-0.25, -0.2) is 0 Å². The van der Waals surface area contributed by atoms with Crippen LogP contribution < -0.4 is 4.74 Å². The van der Waals surface area contributed by atoms with E-state index >= 15 is 0 Å². The van der Waals surface area contributed by atoms with Crippen molar-refractivity contribution < 1.29 is 14.6 Å². The maximum absolute atomic E-state index is 10.9. The van der Waals surface area contributed by atoms with Gasteiger partial charge in [0.05, 0.1) is 10.9 Å². The van der Waals surface area contributed by atoms with Crippen LogP contribution in [-0.2, 0) is 11.4 Å². The van der Waals surface area contributed by atoms with Gasteiger partial charge in [-0.05, 0) is 42.7 Å². The molecule has 2 aromatic carbocycles. The Balaban J connectivity index is 2.02. The van der Waals surface area contributed by atoms with Crippen molar-refractivity contribution in [3.63, 3.8) is 0 Å². The molecule has 0 heterocycles. The van der Waals surface area contributed by atoms with Gasteiger partial charge in [0.1, 0.15) is 12.4 Å². The van der Waals surface area contributed by atoms with E-state index < -0.39 is 11.9 Å². The summed E-state index contributed by atoms with van der Waals surface area (Å²) in [5, 5.41) is 9.56. The number of aliphatic carboxylic acids is 1. The number of hydrogen-bond acceptors (Lipinski definition) is 2. The van der Waals surface area contributed by atoms with Crippen LogP contribution in [0.25, 0.3) is 0 Å². The van der Waals surface area contributed by atoms with Crippen molar-refractivity contribution in [1.82, 2.24) is 0 Å². The van der Waals surface area contributed by atoms with Crippen molar-refractivity contribution in [1.29, 1.82) is 0 Å². The van der Waals surface area contributed by atoms with E-state index in [9.17, 15) is 4.79 Å². The summed E-state index contributed by atoms with van der Waals surface area (Å²) in [5.74, 6) is -0.692. The van der Waals surface area contributed by atoms with Gasteiger partial charge in [0.2, 0.25) is 0 Å². The van der Waals surface area contributed by atoms with Crippen LogP contribution in [0.2, 0.25) is 5.02 Å². The first-order valence-electron chi connectivity index (χ1n) is 6.68. The van der Waals surface area contributed by atoms with Crippen LogP contribution in [0, 0.1) is 6.92 Å². The Morgan fingerprint density at radius 3 is 2.48 bits per heavy atom. The standard InChI is InChI=1S/C17H17ClO3/c1-11-3-8-16(15(18)9-11)21-10-13-4-6-14(7-5-13)12(2)17(19)20/h3-9,12H,10H2,1-2H3,(H,19,20). The fraction of sp³-hybridized carbons (Fsp3) is 0.235. The van der Waals surface area contributed by atoms with Crippen LogP contribution in [0.5, 0.6) is 5.75 Å². The minimum atomic E-state index is -0.828. The monoisotopic (exact) mass is 304 g/mol. The van der Waals surface area contributed by atoms with E-state index in [1.807, 2.05) is 49.4 Å². The molecule has 1 unspecified atom stereocenters. The van der Waals surface area contributed by atoms with Crippen molar-refractivity contribution in [2.24, 2.45) is 0 Å². The first kappa shape index (κ1) is 15.4. The van der Waals surface area contributed by atoms with Gasteiger partial charge in [-0.15, -0.1) is 0 Å². The van der Waals surface area contributed by atoms with Crippen LogP contribution in [0.15, 0.2) is 42.5 Å². The number of rotatable bonds is 5. The molecular formula is C17H17ClO3. The molecule has 0 aliphatic carbocycles. The summed E-state index contributed by atoms with van der Waals surface area (Å²) in [6.45, 7) is 4.03. The van der Waals surface area contributed by atoms with Crippen LogP contribution in [-0.4, -0.2) is 11.1 Å². The lowest BCUT2D eigenvalue weighted by atomic mass is 10.0. The number of carbonyl (C=O) groups is 1. The lowest BCUT2D eigenvalue weighted by Crippen LogP contribution is -2.07. The molecule has 2 aromatic rings. The highest BCUT2D eigenvalue weighted by molar-refractivity contribution is 6.32. The zero-order valence-corrected chi connectivity index (χ0v) is 12.7. The number of benzene rings is 2. The molecule has 0 saturated carbocycles.